The molecule has 1 aliphatic carbocycles. The van der Waals surface area contributed by atoms with Gasteiger partial charge in [-0.3, -0.25) is 9.59 Å². The van der Waals surface area contributed by atoms with Gasteiger partial charge < -0.3 is 15.5 Å². The van der Waals surface area contributed by atoms with Gasteiger partial charge in [0.15, 0.2) is 0 Å². The lowest BCUT2D eigenvalue weighted by molar-refractivity contribution is -0.130. The minimum absolute atomic E-state index is 0. The molecule has 6 heteroatoms. The first kappa shape index (κ1) is 18.7. The number of hydrogen-bond donors (Lipinski definition) is 2. The van der Waals surface area contributed by atoms with Crippen molar-refractivity contribution in [1.82, 2.24) is 10.2 Å². The number of carbonyl (C=O) groups excluding carboxylic acids is 2. The maximum atomic E-state index is 12.2. The molecule has 24 heavy (non-hydrogen) atoms. The Bertz CT molecular complexity index is 566. The number of amides is 2. The first-order valence-electron chi connectivity index (χ1n) is 8.54. The van der Waals surface area contributed by atoms with Gasteiger partial charge >= 0.3 is 0 Å². The molecule has 0 aromatic heterocycles. The molecule has 1 heterocycles. The number of halogens is 1. The largest absolute Gasteiger partial charge is 0.336 e. The Kier molecular flexibility index (Phi) is 6.63. The summed E-state index contributed by atoms with van der Waals surface area (Å²) in [5.74, 6) is 0.175. The monoisotopic (exact) mass is 351 g/mol. The van der Waals surface area contributed by atoms with Crippen molar-refractivity contribution >= 4 is 29.9 Å². The summed E-state index contributed by atoms with van der Waals surface area (Å²) in [5, 5.41) is 6.22. The van der Waals surface area contributed by atoms with Crippen LogP contribution in [-0.2, 0) is 16.1 Å². The van der Waals surface area contributed by atoms with Crippen LogP contribution in [-0.4, -0.2) is 35.3 Å². The molecule has 2 N–H and O–H groups in total. The van der Waals surface area contributed by atoms with Crippen molar-refractivity contribution in [2.24, 2.45) is 0 Å². The van der Waals surface area contributed by atoms with Crippen LogP contribution in [0.3, 0.4) is 0 Å². The fraction of sp³-hybridized carbons (Fsp3) is 0.556. The van der Waals surface area contributed by atoms with E-state index in [1.807, 2.05) is 29.2 Å². The third kappa shape index (κ3) is 4.95. The smallest absolute Gasteiger partial charge is 0.241 e. The standard InChI is InChI=1S/C18H25N3O2.ClH/c1-13(22)21(16-9-10-16)12-14-5-7-15(8-6-14)20-18(23)17-4-2-3-11-19-17;/h5-8,16-17,19H,2-4,9-12H2,1H3,(H,20,23);1H. The normalized spacial score (nSPS) is 20.0. The highest BCUT2D eigenvalue weighted by atomic mass is 35.5. The van der Waals surface area contributed by atoms with Gasteiger partial charge in [0.05, 0.1) is 6.04 Å². The van der Waals surface area contributed by atoms with E-state index < -0.39 is 0 Å². The van der Waals surface area contributed by atoms with Crippen molar-refractivity contribution in [3.8, 4) is 0 Å². The van der Waals surface area contributed by atoms with E-state index in [9.17, 15) is 9.59 Å². The minimum atomic E-state index is -0.0773. The molecule has 0 radical (unpaired) electrons. The lowest BCUT2D eigenvalue weighted by atomic mass is 10.0. The van der Waals surface area contributed by atoms with Crippen LogP contribution in [0.1, 0.15) is 44.6 Å². The SMILES string of the molecule is CC(=O)N(Cc1ccc(NC(=O)C2CCCCN2)cc1)C1CC1.Cl. The van der Waals surface area contributed by atoms with Crippen molar-refractivity contribution < 1.29 is 9.59 Å². The Morgan fingerprint density at radius 1 is 1.17 bits per heavy atom. The third-order valence-corrected chi connectivity index (χ3v) is 4.59. The number of hydrogen-bond acceptors (Lipinski definition) is 3. The van der Waals surface area contributed by atoms with Gasteiger partial charge in [-0.25, -0.2) is 0 Å². The second kappa shape index (κ2) is 8.49. The predicted molar refractivity (Wildman–Crippen MR) is 97.2 cm³/mol. The van der Waals surface area contributed by atoms with Crippen LogP contribution in [0.15, 0.2) is 24.3 Å². The molecule has 2 amide bonds. The summed E-state index contributed by atoms with van der Waals surface area (Å²) < 4.78 is 0. The van der Waals surface area contributed by atoms with Gasteiger partial charge in [0, 0.05) is 25.2 Å². The number of anilines is 1. The third-order valence-electron chi connectivity index (χ3n) is 4.59. The summed E-state index contributed by atoms with van der Waals surface area (Å²) in [5.41, 5.74) is 1.91. The lowest BCUT2D eigenvalue weighted by Crippen LogP contribution is -2.43. The van der Waals surface area contributed by atoms with E-state index >= 15 is 0 Å². The Balaban J connectivity index is 0.00000208. The molecule has 1 aromatic carbocycles. The molecule has 1 aliphatic heterocycles. The fourth-order valence-corrected chi connectivity index (χ4v) is 3.08. The zero-order valence-corrected chi connectivity index (χ0v) is 14.9. The molecule has 3 rings (SSSR count). The van der Waals surface area contributed by atoms with Crippen molar-refractivity contribution in [2.75, 3.05) is 11.9 Å². The van der Waals surface area contributed by atoms with Gasteiger partial charge in [-0.05, 0) is 49.9 Å². The molecule has 2 fully saturated rings. The number of nitrogens with one attached hydrogen (secondary N) is 2. The molecule has 1 saturated heterocycles. The van der Waals surface area contributed by atoms with Crippen LogP contribution in [0.4, 0.5) is 5.69 Å². The van der Waals surface area contributed by atoms with Crippen LogP contribution in [0, 0.1) is 0 Å². The van der Waals surface area contributed by atoms with E-state index in [0.29, 0.717) is 12.6 Å². The molecule has 5 nitrogen and oxygen atoms in total. The van der Waals surface area contributed by atoms with Crippen molar-refractivity contribution in [3.63, 3.8) is 0 Å². The summed E-state index contributed by atoms with van der Waals surface area (Å²) in [6.07, 6.45) is 5.38. The molecule has 0 spiro atoms. The molecule has 132 valence electrons. The lowest BCUT2D eigenvalue weighted by Gasteiger charge is -2.23. The molecule has 1 unspecified atom stereocenters. The summed E-state index contributed by atoms with van der Waals surface area (Å²) >= 11 is 0. The number of piperidine rings is 1. The first-order chi connectivity index (χ1) is 11.1. The Hall–Kier alpha value is -1.59. The maximum absolute atomic E-state index is 12.2. The van der Waals surface area contributed by atoms with E-state index in [2.05, 4.69) is 10.6 Å². The van der Waals surface area contributed by atoms with Gasteiger partial charge in [-0.1, -0.05) is 18.6 Å². The topological polar surface area (TPSA) is 61.4 Å². The second-order valence-electron chi connectivity index (χ2n) is 6.57. The average Bonchev–Trinajstić information content (AvgIpc) is 3.39. The van der Waals surface area contributed by atoms with Crippen molar-refractivity contribution in [3.05, 3.63) is 29.8 Å². The number of nitrogens with zero attached hydrogens (tertiary/aromatic N) is 1. The van der Waals surface area contributed by atoms with Gasteiger partial charge in [-0.2, -0.15) is 0 Å². The average molecular weight is 352 g/mol. The van der Waals surface area contributed by atoms with Crippen molar-refractivity contribution in [1.29, 1.82) is 0 Å². The number of rotatable bonds is 5. The predicted octanol–water partition coefficient (Wildman–Crippen LogP) is 2.70. The van der Waals surface area contributed by atoms with E-state index in [1.54, 1.807) is 6.92 Å². The van der Waals surface area contributed by atoms with Gasteiger partial charge in [0.2, 0.25) is 11.8 Å². The Labute approximate surface area is 149 Å². The fourth-order valence-electron chi connectivity index (χ4n) is 3.08. The highest BCUT2D eigenvalue weighted by molar-refractivity contribution is 5.94. The van der Waals surface area contributed by atoms with E-state index in [0.717, 1.165) is 49.9 Å². The molecule has 0 bridgehead atoms. The summed E-state index contributed by atoms with van der Waals surface area (Å²) in [4.78, 5) is 25.8. The van der Waals surface area contributed by atoms with Crippen LogP contribution >= 0.6 is 12.4 Å². The van der Waals surface area contributed by atoms with Crippen molar-refractivity contribution in [2.45, 2.75) is 57.7 Å². The van der Waals surface area contributed by atoms with Crippen LogP contribution in [0.25, 0.3) is 0 Å². The van der Waals surface area contributed by atoms with E-state index in [4.69, 9.17) is 0 Å². The number of benzene rings is 1. The molecular formula is C18H26ClN3O2. The minimum Gasteiger partial charge on any atom is -0.336 e. The quantitative estimate of drug-likeness (QED) is 0.857. The summed E-state index contributed by atoms with van der Waals surface area (Å²) in [7, 11) is 0. The Morgan fingerprint density at radius 3 is 2.42 bits per heavy atom. The summed E-state index contributed by atoms with van der Waals surface area (Å²) in [6, 6.07) is 8.16. The molecule has 1 aromatic rings. The second-order valence-corrected chi connectivity index (χ2v) is 6.57. The Morgan fingerprint density at radius 2 is 1.88 bits per heavy atom. The van der Waals surface area contributed by atoms with Gasteiger partial charge in [-0.15, -0.1) is 12.4 Å². The molecule has 2 aliphatic rings. The summed E-state index contributed by atoms with van der Waals surface area (Å²) in [6.45, 7) is 3.20. The van der Waals surface area contributed by atoms with Gasteiger partial charge in [0.25, 0.3) is 0 Å². The zero-order valence-electron chi connectivity index (χ0n) is 14.1. The molecule has 1 saturated carbocycles. The van der Waals surface area contributed by atoms with Gasteiger partial charge in [0.1, 0.15) is 0 Å². The molecule has 1 atom stereocenters. The first-order valence-corrected chi connectivity index (χ1v) is 8.54. The maximum Gasteiger partial charge on any atom is 0.241 e. The van der Waals surface area contributed by atoms with Crippen LogP contribution < -0.4 is 10.6 Å². The van der Waals surface area contributed by atoms with Crippen LogP contribution in [0.2, 0.25) is 0 Å². The highest BCUT2D eigenvalue weighted by Gasteiger charge is 2.30. The van der Waals surface area contributed by atoms with Crippen LogP contribution in [0.5, 0.6) is 0 Å². The number of carbonyl (C=O) groups is 2. The molecular weight excluding hydrogens is 326 g/mol. The highest BCUT2D eigenvalue weighted by Crippen LogP contribution is 2.28. The van der Waals surface area contributed by atoms with E-state index in [-0.39, 0.29) is 30.3 Å². The van der Waals surface area contributed by atoms with E-state index in [1.165, 1.54) is 0 Å². The zero-order chi connectivity index (χ0) is 16.2.